The maximum atomic E-state index is 10.2. The topological polar surface area (TPSA) is 30.0 Å². The minimum atomic E-state index is -0.202. The molecule has 0 spiro atoms. The molecule has 118 valence electrons. The van der Waals surface area contributed by atoms with Gasteiger partial charge in [-0.05, 0) is 64.8 Å². The normalized spacial score (nSPS) is 24.6. The molecule has 4 heteroatoms. The van der Waals surface area contributed by atoms with Gasteiger partial charge in [-0.1, -0.05) is 6.92 Å². The molecule has 1 N–H and O–H groups in total. The maximum absolute atomic E-state index is 10.2. The van der Waals surface area contributed by atoms with Crippen LogP contribution in [0, 0.1) is 5.92 Å². The third kappa shape index (κ3) is 5.68. The number of hydrogen-bond donors (Lipinski definition) is 1. The van der Waals surface area contributed by atoms with Crippen LogP contribution in [0.4, 0.5) is 0 Å². The van der Waals surface area contributed by atoms with Crippen LogP contribution in [0.1, 0.15) is 32.6 Å². The first-order chi connectivity index (χ1) is 9.63. The van der Waals surface area contributed by atoms with Crippen molar-refractivity contribution in [2.75, 3.05) is 59.4 Å². The molecule has 20 heavy (non-hydrogen) atoms. The molecule has 1 atom stereocenters. The summed E-state index contributed by atoms with van der Waals surface area (Å²) in [7, 11) is 2.14. The Morgan fingerprint density at radius 1 is 1.10 bits per heavy atom. The summed E-state index contributed by atoms with van der Waals surface area (Å²) in [5, 5.41) is 10.2. The minimum Gasteiger partial charge on any atom is -0.390 e. The summed E-state index contributed by atoms with van der Waals surface area (Å²) in [4.78, 5) is 7.25. The van der Waals surface area contributed by atoms with Crippen LogP contribution in [-0.4, -0.2) is 85.3 Å². The highest BCUT2D eigenvalue weighted by molar-refractivity contribution is 4.74. The largest absolute Gasteiger partial charge is 0.390 e. The van der Waals surface area contributed by atoms with Crippen LogP contribution in [-0.2, 0) is 0 Å². The van der Waals surface area contributed by atoms with E-state index in [1.165, 1.54) is 38.8 Å². The molecule has 0 aliphatic carbocycles. The number of rotatable bonds is 7. The Hall–Kier alpha value is -0.160. The lowest BCUT2D eigenvalue weighted by Gasteiger charge is -2.32. The molecule has 0 radical (unpaired) electrons. The molecule has 2 aliphatic rings. The van der Waals surface area contributed by atoms with E-state index < -0.39 is 0 Å². The van der Waals surface area contributed by atoms with Crippen molar-refractivity contribution in [3.63, 3.8) is 0 Å². The molecule has 2 aliphatic heterocycles. The summed E-state index contributed by atoms with van der Waals surface area (Å²) in [6.07, 6.45) is 5.10. The average Bonchev–Trinajstić information content (AvgIpc) is 2.92. The van der Waals surface area contributed by atoms with E-state index in [1.807, 2.05) is 0 Å². The van der Waals surface area contributed by atoms with E-state index in [2.05, 4.69) is 28.7 Å². The average molecular weight is 283 g/mol. The molecule has 0 aromatic carbocycles. The highest BCUT2D eigenvalue weighted by Gasteiger charge is 2.19. The van der Waals surface area contributed by atoms with Gasteiger partial charge in [0.05, 0.1) is 6.10 Å². The van der Waals surface area contributed by atoms with Gasteiger partial charge in [0.25, 0.3) is 0 Å². The highest BCUT2D eigenvalue weighted by atomic mass is 16.3. The van der Waals surface area contributed by atoms with Crippen LogP contribution in [0.15, 0.2) is 0 Å². The third-order valence-electron chi connectivity index (χ3n) is 4.86. The van der Waals surface area contributed by atoms with Gasteiger partial charge in [-0.25, -0.2) is 0 Å². The highest BCUT2D eigenvalue weighted by Crippen LogP contribution is 2.16. The van der Waals surface area contributed by atoms with E-state index in [1.54, 1.807) is 0 Å². The van der Waals surface area contributed by atoms with Crippen LogP contribution in [0.2, 0.25) is 0 Å². The second-order valence-corrected chi connectivity index (χ2v) is 6.95. The van der Waals surface area contributed by atoms with Gasteiger partial charge in [-0.3, -0.25) is 0 Å². The Morgan fingerprint density at radius 2 is 1.75 bits per heavy atom. The van der Waals surface area contributed by atoms with Crippen molar-refractivity contribution in [3.8, 4) is 0 Å². The molecule has 0 saturated carbocycles. The minimum absolute atomic E-state index is 0.202. The second-order valence-electron chi connectivity index (χ2n) is 6.95. The lowest BCUT2D eigenvalue weighted by Crippen LogP contribution is -2.43. The second kappa shape index (κ2) is 8.32. The predicted octanol–water partition coefficient (Wildman–Crippen LogP) is 1.11. The third-order valence-corrected chi connectivity index (χ3v) is 4.86. The van der Waals surface area contributed by atoms with Crippen LogP contribution in [0.5, 0.6) is 0 Å². The summed E-state index contributed by atoms with van der Waals surface area (Å²) in [6, 6.07) is 0. The number of β-amino-alcohol motifs (C(OH)–C–C–N with tert-alkyl or cyclic N) is 1. The Labute approximate surface area is 124 Å². The van der Waals surface area contributed by atoms with Crippen LogP contribution in [0.3, 0.4) is 0 Å². The van der Waals surface area contributed by atoms with Crippen molar-refractivity contribution in [2.24, 2.45) is 5.92 Å². The summed E-state index contributed by atoms with van der Waals surface area (Å²) in [5.74, 6) is 0.867. The van der Waals surface area contributed by atoms with Crippen molar-refractivity contribution in [3.05, 3.63) is 0 Å². The Morgan fingerprint density at radius 3 is 2.40 bits per heavy atom. The number of likely N-dealkylation sites (N-methyl/N-ethyl adjacent to an activating group) is 1. The molecule has 0 bridgehead atoms. The molecular formula is C16H33N3O. The van der Waals surface area contributed by atoms with Crippen molar-refractivity contribution in [1.29, 1.82) is 0 Å². The van der Waals surface area contributed by atoms with Gasteiger partial charge in [0.1, 0.15) is 0 Å². The summed E-state index contributed by atoms with van der Waals surface area (Å²) in [5.41, 5.74) is 0. The molecule has 1 unspecified atom stereocenters. The smallest absolute Gasteiger partial charge is 0.0793 e. The molecule has 4 nitrogen and oxygen atoms in total. The van der Waals surface area contributed by atoms with E-state index in [-0.39, 0.29) is 6.10 Å². The van der Waals surface area contributed by atoms with Gasteiger partial charge in [-0.2, -0.15) is 0 Å². The number of aliphatic hydroxyl groups excluding tert-OH is 1. The zero-order valence-corrected chi connectivity index (χ0v) is 13.4. The summed E-state index contributed by atoms with van der Waals surface area (Å²) in [6.45, 7) is 11.1. The predicted molar refractivity (Wildman–Crippen MR) is 84.0 cm³/mol. The maximum Gasteiger partial charge on any atom is 0.0793 e. The first-order valence-corrected chi connectivity index (χ1v) is 8.45. The molecule has 0 aromatic rings. The van der Waals surface area contributed by atoms with Crippen LogP contribution < -0.4 is 0 Å². The molecule has 0 amide bonds. The number of likely N-dealkylation sites (tertiary alicyclic amines) is 2. The van der Waals surface area contributed by atoms with Gasteiger partial charge < -0.3 is 19.8 Å². The zero-order valence-electron chi connectivity index (χ0n) is 13.4. The van der Waals surface area contributed by atoms with Gasteiger partial charge in [0.15, 0.2) is 0 Å². The molecule has 2 heterocycles. The first-order valence-electron chi connectivity index (χ1n) is 8.45. The number of hydrogen-bond acceptors (Lipinski definition) is 4. The number of piperidine rings is 1. The van der Waals surface area contributed by atoms with Gasteiger partial charge >= 0.3 is 0 Å². The van der Waals surface area contributed by atoms with Crippen molar-refractivity contribution >= 4 is 0 Å². The van der Waals surface area contributed by atoms with E-state index in [4.69, 9.17) is 0 Å². The fourth-order valence-corrected chi connectivity index (χ4v) is 3.37. The van der Waals surface area contributed by atoms with Gasteiger partial charge in [0.2, 0.25) is 0 Å². The number of nitrogens with zero attached hydrogens (tertiary/aromatic N) is 3. The van der Waals surface area contributed by atoms with Crippen LogP contribution in [0.25, 0.3) is 0 Å². The van der Waals surface area contributed by atoms with Crippen molar-refractivity contribution in [1.82, 2.24) is 14.7 Å². The van der Waals surface area contributed by atoms with Gasteiger partial charge in [-0.15, -0.1) is 0 Å². The van der Waals surface area contributed by atoms with E-state index in [9.17, 15) is 5.11 Å². The van der Waals surface area contributed by atoms with E-state index >= 15 is 0 Å². The molecule has 2 rings (SSSR count). The zero-order chi connectivity index (χ0) is 14.4. The van der Waals surface area contributed by atoms with E-state index in [0.717, 1.165) is 45.2 Å². The Balaban J connectivity index is 1.56. The number of aliphatic hydroxyl groups is 1. The fourth-order valence-electron chi connectivity index (χ4n) is 3.37. The standard InChI is InChI=1S/C16H33N3O/c1-15-5-9-19(10-6-15)14-16(20)13-17(2)11-12-18-7-3-4-8-18/h15-16,20H,3-14H2,1-2H3. The first kappa shape index (κ1) is 16.2. The quantitative estimate of drug-likeness (QED) is 0.758. The Kier molecular flexibility index (Phi) is 6.75. The molecular weight excluding hydrogens is 250 g/mol. The molecule has 2 fully saturated rings. The lowest BCUT2D eigenvalue weighted by atomic mass is 9.99. The van der Waals surface area contributed by atoms with Crippen LogP contribution >= 0.6 is 0 Å². The van der Waals surface area contributed by atoms with Gasteiger partial charge in [0, 0.05) is 26.2 Å². The molecule has 0 aromatic heterocycles. The fraction of sp³-hybridized carbons (Fsp3) is 1.00. The molecule has 2 saturated heterocycles. The van der Waals surface area contributed by atoms with Crippen molar-refractivity contribution < 1.29 is 5.11 Å². The van der Waals surface area contributed by atoms with Crippen molar-refractivity contribution in [2.45, 2.75) is 38.7 Å². The SMILES string of the molecule is CC1CCN(CC(O)CN(C)CCN2CCCC2)CC1. The Bertz CT molecular complexity index is 260. The summed E-state index contributed by atoms with van der Waals surface area (Å²) < 4.78 is 0. The summed E-state index contributed by atoms with van der Waals surface area (Å²) >= 11 is 0. The lowest BCUT2D eigenvalue weighted by molar-refractivity contribution is 0.0659. The van der Waals surface area contributed by atoms with E-state index in [0.29, 0.717) is 0 Å². The monoisotopic (exact) mass is 283 g/mol.